The molecule has 1 aromatic carbocycles. The van der Waals surface area contributed by atoms with Gasteiger partial charge in [0.15, 0.2) is 0 Å². The maximum Gasteiger partial charge on any atom is 0.128 e. The fourth-order valence-corrected chi connectivity index (χ4v) is 1.60. The van der Waals surface area contributed by atoms with Crippen LogP contribution in [0.15, 0.2) is 30.3 Å². The van der Waals surface area contributed by atoms with E-state index >= 15 is 0 Å². The van der Waals surface area contributed by atoms with Crippen molar-refractivity contribution in [3.8, 4) is 17.0 Å². The molecule has 82 valence electrons. The minimum atomic E-state index is 0.256. The van der Waals surface area contributed by atoms with E-state index in [1.165, 1.54) is 0 Å². The number of hydrogen-bond acceptors (Lipinski definition) is 3. The van der Waals surface area contributed by atoms with Crippen LogP contribution in [0.1, 0.15) is 18.4 Å². The summed E-state index contributed by atoms with van der Waals surface area (Å²) in [6.45, 7) is 3.98. The highest BCUT2D eigenvalue weighted by atomic mass is 16.3. The molecule has 0 spiro atoms. The topological polar surface area (TPSA) is 46.0 Å². The van der Waals surface area contributed by atoms with E-state index in [2.05, 4.69) is 9.97 Å². The molecule has 0 aliphatic rings. The highest BCUT2D eigenvalue weighted by molar-refractivity contribution is 5.61. The fourth-order valence-electron chi connectivity index (χ4n) is 1.60. The summed E-state index contributed by atoms with van der Waals surface area (Å²) >= 11 is 0. The minimum absolute atomic E-state index is 0.256. The van der Waals surface area contributed by atoms with Gasteiger partial charge in [-0.2, -0.15) is 0 Å². The Kier molecular flexibility index (Phi) is 2.86. The summed E-state index contributed by atoms with van der Waals surface area (Å²) in [4.78, 5) is 8.77. The Morgan fingerprint density at radius 3 is 2.69 bits per heavy atom. The molecule has 1 aromatic heterocycles. The van der Waals surface area contributed by atoms with Gasteiger partial charge in [0.25, 0.3) is 0 Å². The van der Waals surface area contributed by atoms with Crippen LogP contribution in [-0.4, -0.2) is 15.1 Å². The SMILES string of the molecule is CCc1nc(C)cc(-c2cccc(O)c2)n1. The number of rotatable bonds is 2. The van der Waals surface area contributed by atoms with Gasteiger partial charge in [0.2, 0.25) is 0 Å². The van der Waals surface area contributed by atoms with E-state index in [0.717, 1.165) is 29.2 Å². The monoisotopic (exact) mass is 214 g/mol. The Hall–Kier alpha value is -1.90. The maximum absolute atomic E-state index is 9.43. The average Bonchev–Trinajstić information content (AvgIpc) is 2.28. The van der Waals surface area contributed by atoms with Crippen molar-refractivity contribution in [3.63, 3.8) is 0 Å². The third-order valence-electron chi connectivity index (χ3n) is 2.36. The highest BCUT2D eigenvalue weighted by Crippen LogP contribution is 2.21. The highest BCUT2D eigenvalue weighted by Gasteiger charge is 2.04. The van der Waals surface area contributed by atoms with E-state index in [0.29, 0.717) is 0 Å². The first kappa shape index (κ1) is 10.6. The van der Waals surface area contributed by atoms with Gasteiger partial charge in [0.05, 0.1) is 5.69 Å². The number of aromatic hydroxyl groups is 1. The van der Waals surface area contributed by atoms with E-state index < -0.39 is 0 Å². The molecule has 1 N–H and O–H groups in total. The smallest absolute Gasteiger partial charge is 0.128 e. The van der Waals surface area contributed by atoms with Crippen molar-refractivity contribution in [3.05, 3.63) is 41.9 Å². The van der Waals surface area contributed by atoms with Crippen molar-refractivity contribution in [2.45, 2.75) is 20.3 Å². The summed E-state index contributed by atoms with van der Waals surface area (Å²) in [5.74, 6) is 1.09. The number of phenols is 1. The molecule has 0 bridgehead atoms. The molecule has 0 unspecified atom stereocenters. The molecule has 1 heterocycles. The molecule has 0 saturated carbocycles. The molecule has 16 heavy (non-hydrogen) atoms. The zero-order valence-corrected chi connectivity index (χ0v) is 9.44. The van der Waals surface area contributed by atoms with Crippen molar-refractivity contribution < 1.29 is 5.11 Å². The van der Waals surface area contributed by atoms with Crippen LogP contribution < -0.4 is 0 Å². The molecule has 0 radical (unpaired) electrons. The average molecular weight is 214 g/mol. The molecule has 0 saturated heterocycles. The van der Waals surface area contributed by atoms with Crippen molar-refractivity contribution in [2.24, 2.45) is 0 Å². The first-order valence-corrected chi connectivity index (χ1v) is 5.33. The number of aryl methyl sites for hydroxylation is 2. The zero-order chi connectivity index (χ0) is 11.5. The van der Waals surface area contributed by atoms with Crippen LogP contribution in [0.5, 0.6) is 5.75 Å². The summed E-state index contributed by atoms with van der Waals surface area (Å²) < 4.78 is 0. The molecule has 0 aliphatic carbocycles. The van der Waals surface area contributed by atoms with Crippen LogP contribution in [0, 0.1) is 6.92 Å². The molecular weight excluding hydrogens is 200 g/mol. The second kappa shape index (κ2) is 4.31. The Morgan fingerprint density at radius 1 is 1.19 bits per heavy atom. The molecule has 3 nitrogen and oxygen atoms in total. The summed E-state index contributed by atoms with van der Waals surface area (Å²) in [6.07, 6.45) is 0.813. The van der Waals surface area contributed by atoms with Gasteiger partial charge in [-0.3, -0.25) is 0 Å². The Balaban J connectivity index is 2.51. The molecule has 0 aliphatic heterocycles. The lowest BCUT2D eigenvalue weighted by Gasteiger charge is -2.05. The predicted octanol–water partition coefficient (Wildman–Crippen LogP) is 2.72. The number of phenolic OH excluding ortho intramolecular Hbond substituents is 1. The van der Waals surface area contributed by atoms with E-state index in [1.807, 2.05) is 32.0 Å². The Morgan fingerprint density at radius 2 is 2.00 bits per heavy atom. The summed E-state index contributed by atoms with van der Waals surface area (Å²) in [5, 5.41) is 9.43. The number of benzene rings is 1. The number of aromatic nitrogens is 2. The van der Waals surface area contributed by atoms with Gasteiger partial charge in [-0.25, -0.2) is 9.97 Å². The van der Waals surface area contributed by atoms with Crippen molar-refractivity contribution in [2.75, 3.05) is 0 Å². The zero-order valence-electron chi connectivity index (χ0n) is 9.44. The fraction of sp³-hybridized carbons (Fsp3) is 0.231. The van der Waals surface area contributed by atoms with Gasteiger partial charge < -0.3 is 5.11 Å². The van der Waals surface area contributed by atoms with Crippen LogP contribution in [0.25, 0.3) is 11.3 Å². The van der Waals surface area contributed by atoms with Gasteiger partial charge >= 0.3 is 0 Å². The molecule has 2 aromatic rings. The van der Waals surface area contributed by atoms with Crippen LogP contribution in [0.3, 0.4) is 0 Å². The Bertz CT molecular complexity index is 509. The minimum Gasteiger partial charge on any atom is -0.508 e. The molecule has 3 heteroatoms. The molecule has 0 amide bonds. The van der Waals surface area contributed by atoms with E-state index in [1.54, 1.807) is 12.1 Å². The lowest BCUT2D eigenvalue weighted by molar-refractivity contribution is 0.475. The van der Waals surface area contributed by atoms with E-state index in [-0.39, 0.29) is 5.75 Å². The Labute approximate surface area is 94.8 Å². The first-order valence-electron chi connectivity index (χ1n) is 5.33. The van der Waals surface area contributed by atoms with Crippen molar-refractivity contribution in [1.82, 2.24) is 9.97 Å². The van der Waals surface area contributed by atoms with Crippen LogP contribution in [0.2, 0.25) is 0 Å². The molecule has 2 rings (SSSR count). The van der Waals surface area contributed by atoms with Gasteiger partial charge in [-0.05, 0) is 25.1 Å². The summed E-state index contributed by atoms with van der Waals surface area (Å²) in [5.41, 5.74) is 2.73. The second-order valence-electron chi connectivity index (χ2n) is 3.71. The van der Waals surface area contributed by atoms with Crippen LogP contribution >= 0.6 is 0 Å². The molecule has 0 fully saturated rings. The van der Waals surface area contributed by atoms with Crippen molar-refractivity contribution in [1.29, 1.82) is 0 Å². The molecule has 0 atom stereocenters. The molecular formula is C13H14N2O. The summed E-state index contributed by atoms with van der Waals surface area (Å²) in [6, 6.07) is 9.03. The van der Waals surface area contributed by atoms with E-state index in [9.17, 15) is 5.11 Å². The quantitative estimate of drug-likeness (QED) is 0.836. The van der Waals surface area contributed by atoms with Crippen LogP contribution in [-0.2, 0) is 6.42 Å². The van der Waals surface area contributed by atoms with Gasteiger partial charge in [0, 0.05) is 17.7 Å². The van der Waals surface area contributed by atoms with Crippen LogP contribution in [0.4, 0.5) is 0 Å². The second-order valence-corrected chi connectivity index (χ2v) is 3.71. The normalized spacial score (nSPS) is 10.4. The predicted molar refractivity (Wildman–Crippen MR) is 63.2 cm³/mol. The maximum atomic E-state index is 9.43. The van der Waals surface area contributed by atoms with E-state index in [4.69, 9.17) is 0 Å². The van der Waals surface area contributed by atoms with Gasteiger partial charge in [0.1, 0.15) is 11.6 Å². The van der Waals surface area contributed by atoms with Gasteiger partial charge in [-0.1, -0.05) is 19.1 Å². The third-order valence-corrected chi connectivity index (χ3v) is 2.36. The number of hydrogen-bond donors (Lipinski definition) is 1. The number of nitrogens with zero attached hydrogens (tertiary/aromatic N) is 2. The largest absolute Gasteiger partial charge is 0.508 e. The lowest BCUT2D eigenvalue weighted by Crippen LogP contribution is -1.97. The van der Waals surface area contributed by atoms with Crippen molar-refractivity contribution >= 4 is 0 Å². The summed E-state index contributed by atoms with van der Waals surface area (Å²) in [7, 11) is 0. The third kappa shape index (κ3) is 2.19. The standard InChI is InChI=1S/C13H14N2O/c1-3-13-14-9(2)7-12(15-13)10-5-4-6-11(16)8-10/h4-8,16H,3H2,1-2H3. The van der Waals surface area contributed by atoms with Gasteiger partial charge in [-0.15, -0.1) is 0 Å². The lowest BCUT2D eigenvalue weighted by atomic mass is 10.1. The first-order chi connectivity index (χ1) is 7.69.